The molecule has 96 valence electrons. The maximum Gasteiger partial charge on any atom is 0.0456 e. The summed E-state index contributed by atoms with van der Waals surface area (Å²) in [6.45, 7) is 3.86. The van der Waals surface area contributed by atoms with Crippen LogP contribution in [0.2, 0.25) is 0 Å². The van der Waals surface area contributed by atoms with Gasteiger partial charge in [-0.05, 0) is 29.5 Å². The van der Waals surface area contributed by atoms with Crippen molar-refractivity contribution >= 4 is 0 Å². The van der Waals surface area contributed by atoms with E-state index in [-0.39, 0.29) is 5.54 Å². The van der Waals surface area contributed by atoms with Gasteiger partial charge in [-0.1, -0.05) is 60.7 Å². The van der Waals surface area contributed by atoms with E-state index in [1.54, 1.807) is 0 Å². The lowest BCUT2D eigenvalue weighted by Crippen LogP contribution is -2.33. The first-order valence-electron chi connectivity index (χ1n) is 6.79. The summed E-state index contributed by atoms with van der Waals surface area (Å²) < 4.78 is 0. The van der Waals surface area contributed by atoms with E-state index in [1.807, 2.05) is 6.08 Å². The molecule has 0 amide bonds. The summed E-state index contributed by atoms with van der Waals surface area (Å²) in [7, 11) is 0. The Bertz CT molecular complexity index is 588. The Morgan fingerprint density at radius 3 is 2.53 bits per heavy atom. The van der Waals surface area contributed by atoms with Gasteiger partial charge in [0.1, 0.15) is 0 Å². The van der Waals surface area contributed by atoms with E-state index in [2.05, 4.69) is 61.2 Å². The molecule has 0 unspecified atom stereocenters. The van der Waals surface area contributed by atoms with Crippen molar-refractivity contribution in [1.82, 2.24) is 0 Å². The highest BCUT2D eigenvalue weighted by molar-refractivity contribution is 5.47. The van der Waals surface area contributed by atoms with Gasteiger partial charge in [0.25, 0.3) is 0 Å². The Hall–Kier alpha value is -1.86. The molecule has 2 atom stereocenters. The minimum atomic E-state index is -0.265. The number of benzene rings is 2. The van der Waals surface area contributed by atoms with Crippen molar-refractivity contribution in [1.29, 1.82) is 0 Å². The zero-order valence-electron chi connectivity index (χ0n) is 11.0. The molecule has 0 bridgehead atoms. The molecule has 0 fully saturated rings. The quantitative estimate of drug-likeness (QED) is 0.819. The van der Waals surface area contributed by atoms with Crippen LogP contribution in [0.5, 0.6) is 0 Å². The van der Waals surface area contributed by atoms with E-state index >= 15 is 0 Å². The fraction of sp³-hybridized carbons (Fsp3) is 0.222. The Labute approximate surface area is 114 Å². The molecule has 0 heterocycles. The SMILES string of the molecule is C=CC[C@]1(N)C[C@@H](c2ccccc2)c2ccccc21. The fourth-order valence-electron chi connectivity index (χ4n) is 3.27. The predicted octanol–water partition coefficient (Wildman–Crippen LogP) is 3.95. The van der Waals surface area contributed by atoms with Gasteiger partial charge in [0.2, 0.25) is 0 Å². The van der Waals surface area contributed by atoms with Crippen LogP contribution in [0.3, 0.4) is 0 Å². The lowest BCUT2D eigenvalue weighted by atomic mass is 9.88. The van der Waals surface area contributed by atoms with E-state index in [0.717, 1.165) is 12.8 Å². The summed E-state index contributed by atoms with van der Waals surface area (Å²) in [5, 5.41) is 0. The van der Waals surface area contributed by atoms with Crippen LogP contribution in [-0.2, 0) is 5.54 Å². The van der Waals surface area contributed by atoms with E-state index in [9.17, 15) is 0 Å². The predicted molar refractivity (Wildman–Crippen MR) is 80.0 cm³/mol. The highest BCUT2D eigenvalue weighted by atomic mass is 14.8. The van der Waals surface area contributed by atoms with E-state index < -0.39 is 0 Å². The van der Waals surface area contributed by atoms with Crippen LogP contribution >= 0.6 is 0 Å². The smallest absolute Gasteiger partial charge is 0.0456 e. The lowest BCUT2D eigenvalue weighted by Gasteiger charge is -2.24. The minimum absolute atomic E-state index is 0.265. The van der Waals surface area contributed by atoms with Crippen molar-refractivity contribution in [2.24, 2.45) is 5.73 Å². The van der Waals surface area contributed by atoms with Crippen molar-refractivity contribution in [3.05, 3.63) is 83.9 Å². The van der Waals surface area contributed by atoms with Crippen molar-refractivity contribution in [2.75, 3.05) is 0 Å². The van der Waals surface area contributed by atoms with Crippen molar-refractivity contribution in [3.63, 3.8) is 0 Å². The van der Waals surface area contributed by atoms with Crippen molar-refractivity contribution in [3.8, 4) is 0 Å². The average molecular weight is 249 g/mol. The van der Waals surface area contributed by atoms with Crippen LogP contribution in [0.25, 0.3) is 0 Å². The zero-order chi connectivity index (χ0) is 13.3. The Balaban J connectivity index is 2.09. The van der Waals surface area contributed by atoms with Gasteiger partial charge < -0.3 is 5.73 Å². The van der Waals surface area contributed by atoms with Gasteiger partial charge in [-0.25, -0.2) is 0 Å². The molecule has 1 aliphatic rings. The number of fused-ring (bicyclic) bond motifs is 1. The molecular formula is C18H19N. The highest BCUT2D eigenvalue weighted by Gasteiger charge is 2.40. The summed E-state index contributed by atoms with van der Waals surface area (Å²) in [5.41, 5.74) is 10.4. The monoisotopic (exact) mass is 249 g/mol. The van der Waals surface area contributed by atoms with E-state index in [4.69, 9.17) is 5.73 Å². The third kappa shape index (κ3) is 2.00. The van der Waals surface area contributed by atoms with Crippen LogP contribution in [-0.4, -0.2) is 0 Å². The molecule has 0 aliphatic heterocycles. The molecule has 3 rings (SSSR count). The molecule has 2 N–H and O–H groups in total. The molecule has 19 heavy (non-hydrogen) atoms. The highest BCUT2D eigenvalue weighted by Crippen LogP contribution is 2.47. The first kappa shape index (κ1) is 12.2. The van der Waals surface area contributed by atoms with Gasteiger partial charge >= 0.3 is 0 Å². The average Bonchev–Trinajstić information content (AvgIpc) is 2.75. The third-order valence-corrected chi connectivity index (χ3v) is 4.15. The topological polar surface area (TPSA) is 26.0 Å². The van der Waals surface area contributed by atoms with Crippen LogP contribution in [0, 0.1) is 0 Å². The number of hydrogen-bond acceptors (Lipinski definition) is 1. The first-order chi connectivity index (χ1) is 9.24. The number of nitrogens with two attached hydrogens (primary N) is 1. The lowest BCUT2D eigenvalue weighted by molar-refractivity contribution is 0.432. The van der Waals surface area contributed by atoms with Gasteiger partial charge in [0, 0.05) is 11.5 Å². The minimum Gasteiger partial charge on any atom is -0.321 e. The second kappa shape index (κ2) is 4.67. The van der Waals surface area contributed by atoms with Gasteiger partial charge in [-0.3, -0.25) is 0 Å². The van der Waals surface area contributed by atoms with Gasteiger partial charge in [-0.2, -0.15) is 0 Å². The standard InChI is InChI=1S/C18H19N/c1-2-12-18(19)13-16(14-8-4-3-5-9-14)15-10-6-7-11-17(15)18/h2-11,16H,1,12-13,19H2/t16-,18-/m0/s1. The van der Waals surface area contributed by atoms with Crippen LogP contribution in [0.1, 0.15) is 35.4 Å². The van der Waals surface area contributed by atoms with Crippen LogP contribution in [0.4, 0.5) is 0 Å². The Morgan fingerprint density at radius 2 is 1.79 bits per heavy atom. The van der Waals surface area contributed by atoms with E-state index in [0.29, 0.717) is 5.92 Å². The summed E-state index contributed by atoms with van der Waals surface area (Å²) in [4.78, 5) is 0. The second-order valence-corrected chi connectivity index (χ2v) is 5.40. The molecule has 0 aromatic heterocycles. The molecule has 0 spiro atoms. The normalized spacial score (nSPS) is 25.0. The molecule has 0 saturated heterocycles. The zero-order valence-corrected chi connectivity index (χ0v) is 11.0. The third-order valence-electron chi connectivity index (χ3n) is 4.15. The molecule has 1 aliphatic carbocycles. The Kier molecular flexibility index (Phi) is 3.00. The summed E-state index contributed by atoms with van der Waals surface area (Å²) >= 11 is 0. The summed E-state index contributed by atoms with van der Waals surface area (Å²) in [6, 6.07) is 19.2. The van der Waals surface area contributed by atoms with Crippen LogP contribution in [0.15, 0.2) is 67.3 Å². The summed E-state index contributed by atoms with van der Waals surface area (Å²) in [6.07, 6.45) is 3.72. The Morgan fingerprint density at radius 1 is 1.11 bits per heavy atom. The first-order valence-corrected chi connectivity index (χ1v) is 6.79. The number of hydrogen-bond donors (Lipinski definition) is 1. The van der Waals surface area contributed by atoms with Gasteiger partial charge in [0.15, 0.2) is 0 Å². The fourth-order valence-corrected chi connectivity index (χ4v) is 3.27. The largest absolute Gasteiger partial charge is 0.321 e. The molecule has 1 heteroatoms. The molecule has 0 saturated carbocycles. The number of rotatable bonds is 3. The maximum atomic E-state index is 6.64. The van der Waals surface area contributed by atoms with Gasteiger partial charge in [-0.15, -0.1) is 6.58 Å². The van der Waals surface area contributed by atoms with Gasteiger partial charge in [0.05, 0.1) is 0 Å². The summed E-state index contributed by atoms with van der Waals surface area (Å²) in [5.74, 6) is 0.405. The van der Waals surface area contributed by atoms with Crippen molar-refractivity contribution in [2.45, 2.75) is 24.3 Å². The molecular weight excluding hydrogens is 230 g/mol. The maximum absolute atomic E-state index is 6.64. The van der Waals surface area contributed by atoms with E-state index in [1.165, 1.54) is 16.7 Å². The second-order valence-electron chi connectivity index (χ2n) is 5.40. The van der Waals surface area contributed by atoms with Crippen molar-refractivity contribution < 1.29 is 0 Å². The van der Waals surface area contributed by atoms with Crippen LogP contribution < -0.4 is 5.73 Å². The molecule has 2 aromatic carbocycles. The molecule has 0 radical (unpaired) electrons. The molecule has 2 aromatic rings. The molecule has 1 nitrogen and oxygen atoms in total.